The Morgan fingerprint density at radius 3 is 2.56 bits per heavy atom. The summed E-state index contributed by atoms with van der Waals surface area (Å²) < 4.78 is 0. The number of nitrogens with one attached hydrogen (secondary N) is 1. The Balaban J connectivity index is 2.48. The van der Waals surface area contributed by atoms with Crippen molar-refractivity contribution in [3.05, 3.63) is 15.6 Å². The second kappa shape index (κ2) is 6.92. The zero-order valence-electron chi connectivity index (χ0n) is 12.5. The Hall–Kier alpha value is -0.0600. The number of hydrogen-bond acceptors (Lipinski definition) is 4. The van der Waals surface area contributed by atoms with Crippen LogP contribution in [-0.2, 0) is 12.3 Å². The van der Waals surface area contributed by atoms with Gasteiger partial charge in [-0.3, -0.25) is 0 Å². The van der Waals surface area contributed by atoms with Crippen LogP contribution in [0.5, 0.6) is 0 Å². The van der Waals surface area contributed by atoms with E-state index in [1.165, 1.54) is 21.3 Å². The van der Waals surface area contributed by atoms with E-state index in [0.717, 1.165) is 18.2 Å². The van der Waals surface area contributed by atoms with Crippen LogP contribution in [0.3, 0.4) is 0 Å². The van der Waals surface area contributed by atoms with Crippen molar-refractivity contribution in [3.8, 4) is 0 Å². The molecule has 0 aliphatic heterocycles. The Bertz CT molecular complexity index is 364. The monoisotopic (exact) mass is 286 g/mol. The van der Waals surface area contributed by atoms with Gasteiger partial charge in [0.25, 0.3) is 0 Å². The fourth-order valence-electron chi connectivity index (χ4n) is 1.44. The maximum absolute atomic E-state index is 4.67. The zero-order chi connectivity index (χ0) is 13.8. The maximum atomic E-state index is 4.67. The van der Waals surface area contributed by atoms with Crippen molar-refractivity contribution in [2.75, 3.05) is 5.75 Å². The fourth-order valence-corrected chi connectivity index (χ4v) is 3.56. The molecule has 1 aromatic heterocycles. The Morgan fingerprint density at radius 1 is 1.33 bits per heavy atom. The van der Waals surface area contributed by atoms with Crippen molar-refractivity contribution >= 4 is 23.1 Å². The summed E-state index contributed by atoms with van der Waals surface area (Å²) in [4.78, 5) is 6.05. The van der Waals surface area contributed by atoms with Gasteiger partial charge in [-0.2, -0.15) is 11.8 Å². The van der Waals surface area contributed by atoms with Crippen LogP contribution in [-0.4, -0.2) is 16.3 Å². The van der Waals surface area contributed by atoms with Crippen LogP contribution in [0.25, 0.3) is 0 Å². The van der Waals surface area contributed by atoms with Crippen molar-refractivity contribution in [2.24, 2.45) is 5.92 Å². The van der Waals surface area contributed by atoms with Gasteiger partial charge in [0.1, 0.15) is 5.01 Å². The number of thioether (sulfide) groups is 1. The minimum Gasteiger partial charge on any atom is -0.307 e. The Labute approximate surface area is 120 Å². The average molecular weight is 287 g/mol. The van der Waals surface area contributed by atoms with E-state index in [0.29, 0.717) is 0 Å². The first-order valence-electron chi connectivity index (χ1n) is 6.56. The second-order valence-electron chi connectivity index (χ2n) is 6.13. The molecular formula is C14H26N2S2. The highest BCUT2D eigenvalue weighted by Gasteiger charge is 2.12. The van der Waals surface area contributed by atoms with Gasteiger partial charge in [-0.15, -0.1) is 11.3 Å². The third-order valence-corrected chi connectivity index (χ3v) is 5.11. The van der Waals surface area contributed by atoms with Crippen LogP contribution >= 0.6 is 23.1 Å². The smallest absolute Gasteiger partial charge is 0.103 e. The molecule has 0 spiro atoms. The fraction of sp³-hybridized carbons (Fsp3) is 0.786. The molecule has 0 aliphatic carbocycles. The SMILES string of the molecule is Cc1nc(CSCC(C)C)sc1CNC(C)(C)C. The number of aromatic nitrogens is 1. The van der Waals surface area contributed by atoms with Crippen molar-refractivity contribution in [1.82, 2.24) is 10.3 Å². The summed E-state index contributed by atoms with van der Waals surface area (Å²) in [6, 6.07) is 0. The van der Waals surface area contributed by atoms with Crippen molar-refractivity contribution in [2.45, 2.75) is 59.4 Å². The average Bonchev–Trinajstić information content (AvgIpc) is 2.54. The topological polar surface area (TPSA) is 24.9 Å². The Kier molecular flexibility index (Phi) is 6.15. The molecule has 0 saturated heterocycles. The molecule has 0 aliphatic rings. The molecule has 1 N–H and O–H groups in total. The molecule has 1 heterocycles. The van der Waals surface area contributed by atoms with E-state index in [1.54, 1.807) is 0 Å². The standard InChI is InChI=1S/C14H26N2S2/c1-10(2)8-17-9-13-16-11(3)12(18-13)7-15-14(4,5)6/h10,15H,7-9H2,1-6H3. The number of thiazole rings is 1. The lowest BCUT2D eigenvalue weighted by molar-refractivity contribution is 0.425. The predicted octanol–water partition coefficient (Wildman–Crippen LogP) is 4.23. The molecule has 1 rings (SSSR count). The summed E-state index contributed by atoms with van der Waals surface area (Å²) in [5.74, 6) is 3.03. The normalized spacial score (nSPS) is 12.4. The molecule has 4 heteroatoms. The van der Waals surface area contributed by atoms with Gasteiger partial charge in [-0.25, -0.2) is 4.98 Å². The molecule has 104 valence electrons. The first kappa shape index (κ1) is 16.0. The van der Waals surface area contributed by atoms with Crippen molar-refractivity contribution < 1.29 is 0 Å². The minimum absolute atomic E-state index is 0.170. The van der Waals surface area contributed by atoms with Gasteiger partial charge in [0.15, 0.2) is 0 Å². The molecule has 0 bridgehead atoms. The zero-order valence-corrected chi connectivity index (χ0v) is 14.1. The van der Waals surface area contributed by atoms with Gasteiger partial charge < -0.3 is 5.32 Å². The van der Waals surface area contributed by atoms with Gasteiger partial charge >= 0.3 is 0 Å². The number of nitrogens with zero attached hydrogens (tertiary/aromatic N) is 1. The summed E-state index contributed by atoms with van der Waals surface area (Å²) in [6.45, 7) is 14.2. The highest BCUT2D eigenvalue weighted by molar-refractivity contribution is 7.98. The van der Waals surface area contributed by atoms with Crippen LogP contribution in [0.2, 0.25) is 0 Å². The van der Waals surface area contributed by atoms with E-state index in [1.807, 2.05) is 23.1 Å². The Morgan fingerprint density at radius 2 is 2.00 bits per heavy atom. The largest absolute Gasteiger partial charge is 0.307 e. The van der Waals surface area contributed by atoms with Gasteiger partial charge in [0.05, 0.1) is 5.69 Å². The highest BCUT2D eigenvalue weighted by Crippen LogP contribution is 2.23. The summed E-state index contributed by atoms with van der Waals surface area (Å²) >= 11 is 3.85. The van der Waals surface area contributed by atoms with E-state index in [4.69, 9.17) is 0 Å². The highest BCUT2D eigenvalue weighted by atomic mass is 32.2. The number of hydrogen-bond donors (Lipinski definition) is 1. The molecule has 0 unspecified atom stereocenters. The summed E-state index contributed by atoms with van der Waals surface area (Å²) in [7, 11) is 0. The molecule has 0 fully saturated rings. The van der Waals surface area contributed by atoms with Crippen LogP contribution in [0.15, 0.2) is 0 Å². The molecule has 18 heavy (non-hydrogen) atoms. The third-order valence-electron chi connectivity index (χ3n) is 2.39. The quantitative estimate of drug-likeness (QED) is 0.847. The lowest BCUT2D eigenvalue weighted by Gasteiger charge is -2.19. The molecule has 0 aromatic carbocycles. The molecule has 0 amide bonds. The van der Waals surface area contributed by atoms with E-state index >= 15 is 0 Å². The van der Waals surface area contributed by atoms with Crippen LogP contribution in [0, 0.1) is 12.8 Å². The van der Waals surface area contributed by atoms with E-state index < -0.39 is 0 Å². The number of rotatable bonds is 6. The molecular weight excluding hydrogens is 260 g/mol. The predicted molar refractivity (Wildman–Crippen MR) is 84.4 cm³/mol. The number of aryl methyl sites for hydroxylation is 1. The van der Waals surface area contributed by atoms with Gasteiger partial charge in [-0.1, -0.05) is 13.8 Å². The van der Waals surface area contributed by atoms with Gasteiger partial charge in [-0.05, 0) is 39.4 Å². The van der Waals surface area contributed by atoms with E-state index in [-0.39, 0.29) is 5.54 Å². The van der Waals surface area contributed by atoms with Gasteiger partial charge in [0.2, 0.25) is 0 Å². The van der Waals surface area contributed by atoms with E-state index in [9.17, 15) is 0 Å². The van der Waals surface area contributed by atoms with Gasteiger partial charge in [0, 0.05) is 22.7 Å². The van der Waals surface area contributed by atoms with E-state index in [2.05, 4.69) is 51.8 Å². The van der Waals surface area contributed by atoms with Crippen LogP contribution in [0.4, 0.5) is 0 Å². The van der Waals surface area contributed by atoms with Crippen molar-refractivity contribution in [1.29, 1.82) is 0 Å². The lowest BCUT2D eigenvalue weighted by atomic mass is 10.1. The molecule has 2 nitrogen and oxygen atoms in total. The molecule has 0 atom stereocenters. The minimum atomic E-state index is 0.170. The lowest BCUT2D eigenvalue weighted by Crippen LogP contribution is -2.34. The molecule has 1 aromatic rings. The summed E-state index contributed by atoms with van der Waals surface area (Å²) in [6.07, 6.45) is 0. The second-order valence-corrected chi connectivity index (χ2v) is 8.33. The van der Waals surface area contributed by atoms with Crippen LogP contribution < -0.4 is 5.32 Å². The molecule has 0 radical (unpaired) electrons. The van der Waals surface area contributed by atoms with Crippen molar-refractivity contribution in [3.63, 3.8) is 0 Å². The first-order valence-corrected chi connectivity index (χ1v) is 8.53. The van der Waals surface area contributed by atoms with Crippen LogP contribution in [0.1, 0.15) is 50.2 Å². The third kappa shape index (κ3) is 6.21. The summed E-state index contributed by atoms with van der Waals surface area (Å²) in [5, 5.41) is 4.80. The maximum Gasteiger partial charge on any atom is 0.103 e. The first-order chi connectivity index (χ1) is 8.28. The summed E-state index contributed by atoms with van der Waals surface area (Å²) in [5.41, 5.74) is 1.36. The molecule has 0 saturated carbocycles.